The molecule has 25 N–H and O–H groups in total. The van der Waals surface area contributed by atoms with Crippen molar-refractivity contribution in [3.05, 3.63) is 0 Å². The first-order valence-corrected chi connectivity index (χ1v) is 42.6. The van der Waals surface area contributed by atoms with Crippen LogP contribution in [-0.4, -0.2) is 413 Å². The summed E-state index contributed by atoms with van der Waals surface area (Å²) in [7, 11) is 0. The summed E-state index contributed by atoms with van der Waals surface area (Å²) in [4.78, 5) is 97.0. The Hall–Kier alpha value is -5.08. The first-order chi connectivity index (χ1) is 58.5. The number of rotatable bonds is 51. The van der Waals surface area contributed by atoms with Crippen LogP contribution in [0.2, 0.25) is 0 Å². The number of ketones is 2. The van der Waals surface area contributed by atoms with Gasteiger partial charge in [0.05, 0.1) is 64.6 Å². The van der Waals surface area contributed by atoms with Gasteiger partial charge in [0.15, 0.2) is 37.7 Å². The largest absolute Gasteiger partial charge is 0.394 e. The summed E-state index contributed by atoms with van der Waals surface area (Å²) in [6.07, 6.45) is -34.6. The Balaban J connectivity index is 0.000000512. The standard InChI is InChI=1S/C44H78N4O25.2C17H31NO7/c1-3-45-25(51)10-6-4-5-9-21(48-27(53)12-8-7-11-26(52)46-13-15-66-41-35(61)32(58)28(54)20(2)69-41)40(65)47-14-16-67-43-38(64)39(73-44-37(63)34(60)30(56)23(18-50)71-44)31(57)24(72-43)19-68-42-36(62)33(59)29(55)22(17-49)70-42;2*1-3-18-13(20)9-5-4-7-12(19)8-6-10-24-17-16(23)15(22)14(21)11(2)25-17/h20-24,28-39,41-44,49-50,54-64H,3-19H2,1-2H3,(H,45,51)(H,46,52)(H,47,65)(H,48,53);2*11,14-17,21-23H,3-10H2,1-2H3,(H,18,20)/t20-,21-,22+,23+,24+,28+,29+,30+,31+,32+,33-,34-,35-,36-,37-,38-,39-,41+,42-,43-,44+;2*11-,14+,15+,16-,17+/m000/s1. The van der Waals surface area contributed by atoms with Crippen LogP contribution in [0.3, 0.4) is 0 Å². The number of amides is 6. The molecular weight excluding hydrogens is 1640 g/mol. The number of hydrogen-bond donors (Lipinski definition) is 25. The summed E-state index contributed by atoms with van der Waals surface area (Å²) in [5, 5.41) is 208. The quantitative estimate of drug-likeness (QED) is 0.0252. The van der Waals surface area contributed by atoms with E-state index in [9.17, 15) is 135 Å². The molecule has 0 unspecified atom stereocenters. The van der Waals surface area contributed by atoms with Gasteiger partial charge < -0.3 is 186 Å². The Morgan fingerprint density at radius 2 is 0.618 bits per heavy atom. The summed E-state index contributed by atoms with van der Waals surface area (Å²) in [6, 6.07) is -1.05. The molecule has 6 rings (SSSR count). The Kier molecular flexibility index (Phi) is 53.1. The van der Waals surface area contributed by atoms with E-state index in [0.29, 0.717) is 122 Å². The maximum atomic E-state index is 13.5. The van der Waals surface area contributed by atoms with Crippen molar-refractivity contribution in [3.63, 3.8) is 0 Å². The number of ether oxygens (including phenoxy) is 12. The van der Waals surface area contributed by atoms with Crippen LogP contribution in [0.4, 0.5) is 0 Å². The molecule has 0 saturated carbocycles. The van der Waals surface area contributed by atoms with Gasteiger partial charge in [0, 0.05) is 90.5 Å². The summed E-state index contributed by atoms with van der Waals surface area (Å²) < 4.78 is 65.7. The average Bonchev–Trinajstić information content (AvgIpc) is 0.782. The highest BCUT2D eigenvalue weighted by Gasteiger charge is 2.53. The zero-order chi connectivity index (χ0) is 91.6. The summed E-state index contributed by atoms with van der Waals surface area (Å²) in [5.41, 5.74) is 0. The van der Waals surface area contributed by atoms with E-state index in [1.807, 2.05) is 13.8 Å². The van der Waals surface area contributed by atoms with Crippen LogP contribution >= 0.6 is 0 Å². The Labute approximate surface area is 714 Å². The molecule has 6 amide bonds. The van der Waals surface area contributed by atoms with E-state index in [-0.39, 0.29) is 107 Å². The topological polar surface area (TPSA) is 704 Å². The fraction of sp³-hybridized carbons (Fsp3) is 0.897. The Morgan fingerprint density at radius 3 is 1.02 bits per heavy atom. The van der Waals surface area contributed by atoms with Gasteiger partial charge in [-0.1, -0.05) is 12.8 Å². The van der Waals surface area contributed by atoms with Crippen molar-refractivity contribution in [2.45, 2.75) is 367 Å². The van der Waals surface area contributed by atoms with Gasteiger partial charge in [0.1, 0.15) is 146 Å². The van der Waals surface area contributed by atoms with E-state index >= 15 is 0 Å². The number of aliphatic hydroxyl groups is 19. The summed E-state index contributed by atoms with van der Waals surface area (Å²) in [5.74, 6) is -1.35. The van der Waals surface area contributed by atoms with Gasteiger partial charge in [-0.25, -0.2) is 0 Å². The Morgan fingerprint density at radius 1 is 0.301 bits per heavy atom. The minimum absolute atomic E-state index is 0.0101. The zero-order valence-electron chi connectivity index (χ0n) is 70.9. The molecule has 0 aromatic rings. The molecule has 0 aromatic carbocycles. The lowest BCUT2D eigenvalue weighted by atomic mass is 9.96. The summed E-state index contributed by atoms with van der Waals surface area (Å²) >= 11 is 0. The van der Waals surface area contributed by atoms with Gasteiger partial charge in [0.2, 0.25) is 35.4 Å². The molecule has 123 heavy (non-hydrogen) atoms. The van der Waals surface area contributed by atoms with Gasteiger partial charge in [-0.15, -0.1) is 0 Å². The average molecular weight is 1790 g/mol. The van der Waals surface area contributed by atoms with Crippen LogP contribution in [-0.2, 0) is 95.2 Å². The van der Waals surface area contributed by atoms with Crippen molar-refractivity contribution in [2.24, 2.45) is 0 Å². The smallest absolute Gasteiger partial charge is 0.242 e. The number of carbonyl (C=O) groups excluding carboxylic acids is 8. The molecule has 6 fully saturated rings. The molecule has 45 nitrogen and oxygen atoms in total. The lowest BCUT2D eigenvalue weighted by Crippen LogP contribution is -2.65. The van der Waals surface area contributed by atoms with Crippen molar-refractivity contribution in [2.75, 3.05) is 79.0 Å². The van der Waals surface area contributed by atoms with Crippen molar-refractivity contribution in [3.8, 4) is 0 Å². The number of Topliss-reactive ketones (excluding diaryl/α,β-unsaturated/α-hetero) is 2. The normalized spacial score (nSPS) is 34.1. The van der Waals surface area contributed by atoms with E-state index in [4.69, 9.17) is 56.8 Å². The second-order valence-corrected chi connectivity index (χ2v) is 31.0. The lowest BCUT2D eigenvalue weighted by Gasteiger charge is -2.46. The maximum Gasteiger partial charge on any atom is 0.242 e. The van der Waals surface area contributed by atoms with Crippen molar-refractivity contribution >= 4 is 47.0 Å². The molecule has 0 aromatic heterocycles. The highest BCUT2D eigenvalue weighted by Crippen LogP contribution is 2.33. The highest BCUT2D eigenvalue weighted by molar-refractivity contribution is 5.87. The molecule has 716 valence electrons. The second kappa shape index (κ2) is 59.2. The van der Waals surface area contributed by atoms with Crippen molar-refractivity contribution < 1.29 is 192 Å². The van der Waals surface area contributed by atoms with E-state index in [0.717, 1.165) is 0 Å². The van der Waals surface area contributed by atoms with E-state index in [2.05, 4.69) is 31.9 Å². The van der Waals surface area contributed by atoms with Gasteiger partial charge in [0.25, 0.3) is 0 Å². The van der Waals surface area contributed by atoms with Crippen molar-refractivity contribution in [1.29, 1.82) is 0 Å². The third-order valence-corrected chi connectivity index (χ3v) is 21.1. The molecule has 6 aliphatic rings. The highest BCUT2D eigenvalue weighted by atomic mass is 16.8. The molecule has 6 aliphatic heterocycles. The van der Waals surface area contributed by atoms with Crippen LogP contribution in [0.1, 0.15) is 176 Å². The maximum absolute atomic E-state index is 13.5. The number of hydrogen-bond acceptors (Lipinski definition) is 39. The molecule has 31 atom stereocenters. The van der Waals surface area contributed by atoms with Gasteiger partial charge in [-0.2, -0.15) is 0 Å². The first kappa shape index (κ1) is 110. The predicted molar refractivity (Wildman–Crippen MR) is 421 cm³/mol. The number of nitrogens with one attached hydrogen (secondary N) is 6. The monoisotopic (exact) mass is 1780 g/mol. The molecule has 6 saturated heterocycles. The van der Waals surface area contributed by atoms with Gasteiger partial charge in [-0.05, 0) is 106 Å². The van der Waals surface area contributed by atoms with E-state index in [1.165, 1.54) is 6.92 Å². The van der Waals surface area contributed by atoms with Crippen LogP contribution < -0.4 is 31.9 Å². The fourth-order valence-corrected chi connectivity index (χ4v) is 13.6. The Bertz CT molecular complexity index is 2940. The minimum Gasteiger partial charge on any atom is -0.394 e. The number of unbranched alkanes of at least 4 members (excludes halogenated alkanes) is 5. The molecular formula is C78H140N6O39. The molecule has 0 bridgehead atoms. The number of aliphatic hydroxyl groups excluding tert-OH is 19. The fourth-order valence-electron chi connectivity index (χ4n) is 13.6. The molecule has 0 radical (unpaired) electrons. The first-order valence-electron chi connectivity index (χ1n) is 42.6. The third kappa shape index (κ3) is 37.9. The van der Waals surface area contributed by atoms with Crippen molar-refractivity contribution in [1.82, 2.24) is 31.9 Å². The minimum atomic E-state index is -1.96. The van der Waals surface area contributed by atoms with Crippen LogP contribution in [0, 0.1) is 0 Å². The number of carbonyl (C=O) groups is 8. The second-order valence-electron chi connectivity index (χ2n) is 31.0. The molecule has 45 heteroatoms. The SMILES string of the molecule is CCNC(=O)CCCCC(=O)CCCO[C@@H]1O[C@@H](C)[C@@H](O)[C@@H](O)[C@@H]1O.CCNC(=O)CCCCC(=O)CCCO[C@@H]1O[C@@H](C)[C@@H](O)[C@@H](O)[C@@H]1O.CCNC(=O)CCCCC[C@H](NC(=O)CCCCC(=O)NCCO[C@@H]1O[C@@H](C)[C@@H](O)[C@@H](O)[C@@H]1O)C(=O)NCCO[C@H]1O[C@H](CO[C@H]2O[C@H](CO)[C@@H](O)[C@H](O)[C@@H]2O)[C@@H](O)[C@H](O[C@H]2O[C@H](CO)[C@@H](O)[C@H](O)[C@@H]2O)[C@@H]1O. The summed E-state index contributed by atoms with van der Waals surface area (Å²) in [6.45, 7) is 9.37. The van der Waals surface area contributed by atoms with Crippen LogP contribution in [0.25, 0.3) is 0 Å². The lowest BCUT2D eigenvalue weighted by molar-refractivity contribution is -0.366. The van der Waals surface area contributed by atoms with Gasteiger partial charge >= 0.3 is 0 Å². The molecule has 0 aliphatic carbocycles. The van der Waals surface area contributed by atoms with Gasteiger partial charge in [-0.3, -0.25) is 38.4 Å². The zero-order valence-corrected chi connectivity index (χ0v) is 70.9. The third-order valence-electron chi connectivity index (χ3n) is 21.1. The predicted octanol–water partition coefficient (Wildman–Crippen LogP) is -8.59. The van der Waals surface area contributed by atoms with E-state index in [1.54, 1.807) is 20.8 Å². The molecule has 6 heterocycles. The van der Waals surface area contributed by atoms with E-state index < -0.39 is 222 Å². The van der Waals surface area contributed by atoms with Crippen LogP contribution in [0.5, 0.6) is 0 Å². The molecule has 0 spiro atoms. The van der Waals surface area contributed by atoms with Crippen LogP contribution in [0.15, 0.2) is 0 Å².